The summed E-state index contributed by atoms with van der Waals surface area (Å²) in [6, 6.07) is 4.71. The van der Waals surface area contributed by atoms with Crippen molar-refractivity contribution in [2.75, 3.05) is 0 Å². The summed E-state index contributed by atoms with van der Waals surface area (Å²) in [6.07, 6.45) is 0. The third kappa shape index (κ3) is 2.52. The lowest BCUT2D eigenvalue weighted by Crippen LogP contribution is -2.15. The first kappa shape index (κ1) is 13.7. The third-order valence-corrected chi connectivity index (χ3v) is 4.25. The highest BCUT2D eigenvalue weighted by atomic mass is 127. The van der Waals surface area contributed by atoms with Gasteiger partial charge in [-0.3, -0.25) is 0 Å². The summed E-state index contributed by atoms with van der Waals surface area (Å²) in [5.74, 6) is -0.415. The Hall–Kier alpha value is 0.270. The molecule has 0 spiro atoms. The Morgan fingerprint density at radius 2 is 2.12 bits per heavy atom. The molecule has 1 heterocycles. The number of aliphatic hydroxyl groups is 1. The molecule has 2 nitrogen and oxygen atoms in total. The van der Waals surface area contributed by atoms with E-state index in [0.29, 0.717) is 10.9 Å². The maximum Gasteiger partial charge on any atom is 0.149 e. The average molecular weight is 477 g/mol. The minimum Gasteiger partial charge on any atom is -0.376 e. The lowest BCUT2D eigenvalue weighted by atomic mass is 10.1. The Balaban J connectivity index is 2.91. The first-order valence-corrected chi connectivity index (χ1v) is 7.21. The van der Waals surface area contributed by atoms with Crippen LogP contribution in [0.15, 0.2) is 18.2 Å². The number of pyridine rings is 1. The van der Waals surface area contributed by atoms with Gasteiger partial charge in [-0.1, -0.05) is 23.7 Å². The van der Waals surface area contributed by atoms with Gasteiger partial charge in [-0.25, -0.2) is 9.37 Å². The van der Waals surface area contributed by atoms with Gasteiger partial charge >= 0.3 is 0 Å². The maximum atomic E-state index is 13.6. The summed E-state index contributed by atoms with van der Waals surface area (Å²) in [5, 5.41) is 10.8. The standard InChI is InChI=1S/C11H7ClFI2NO/c1-11(15,17)7-8(14)5-3-2-4-6(13)9(5)16-10(7)12/h2-4,17H,1H3/t11-/m0/s1. The quantitative estimate of drug-likeness (QED) is 0.379. The van der Waals surface area contributed by atoms with Crippen LogP contribution in [0.5, 0.6) is 0 Å². The zero-order chi connectivity index (χ0) is 12.8. The normalized spacial score (nSPS) is 14.9. The van der Waals surface area contributed by atoms with Gasteiger partial charge < -0.3 is 5.11 Å². The number of rotatable bonds is 1. The summed E-state index contributed by atoms with van der Waals surface area (Å²) in [4.78, 5) is 4.02. The highest BCUT2D eigenvalue weighted by molar-refractivity contribution is 14.1. The monoisotopic (exact) mass is 477 g/mol. The van der Waals surface area contributed by atoms with Crippen LogP contribution in [0.2, 0.25) is 5.15 Å². The summed E-state index contributed by atoms with van der Waals surface area (Å²) < 4.78 is 13.2. The number of para-hydroxylation sites is 1. The van der Waals surface area contributed by atoms with Gasteiger partial charge in [-0.2, -0.15) is 0 Å². The van der Waals surface area contributed by atoms with Gasteiger partial charge in [-0.05, 0) is 58.2 Å². The lowest BCUT2D eigenvalue weighted by Gasteiger charge is -2.19. The van der Waals surface area contributed by atoms with Gasteiger partial charge in [0.1, 0.15) is 20.1 Å². The zero-order valence-electron chi connectivity index (χ0n) is 8.64. The molecule has 0 unspecified atom stereocenters. The molecule has 0 bridgehead atoms. The largest absolute Gasteiger partial charge is 0.376 e. The molecule has 90 valence electrons. The van der Waals surface area contributed by atoms with Crippen LogP contribution in [0.25, 0.3) is 10.9 Å². The Kier molecular flexibility index (Phi) is 3.82. The predicted octanol–water partition coefficient (Wildman–Crippen LogP) is 4.23. The number of hydrogen-bond donors (Lipinski definition) is 1. The van der Waals surface area contributed by atoms with E-state index in [-0.39, 0.29) is 10.7 Å². The third-order valence-electron chi connectivity index (χ3n) is 2.32. The average Bonchev–Trinajstić information content (AvgIpc) is 2.17. The molecule has 1 N–H and O–H groups in total. The summed E-state index contributed by atoms with van der Waals surface area (Å²) in [7, 11) is 0. The van der Waals surface area contributed by atoms with E-state index >= 15 is 0 Å². The number of fused-ring (bicyclic) bond motifs is 1. The molecular weight excluding hydrogens is 470 g/mol. The van der Waals surface area contributed by atoms with Crippen molar-refractivity contribution < 1.29 is 9.50 Å². The molecule has 0 aliphatic rings. The highest BCUT2D eigenvalue weighted by Crippen LogP contribution is 2.39. The number of aromatic nitrogens is 1. The van der Waals surface area contributed by atoms with E-state index in [0.717, 1.165) is 3.57 Å². The summed E-state index contributed by atoms with van der Waals surface area (Å²) in [6.45, 7) is 1.61. The molecule has 0 radical (unpaired) electrons. The lowest BCUT2D eigenvalue weighted by molar-refractivity contribution is 0.178. The number of halogens is 4. The number of hydrogen-bond acceptors (Lipinski definition) is 2. The molecule has 6 heteroatoms. The Labute approximate surface area is 130 Å². The van der Waals surface area contributed by atoms with Crippen molar-refractivity contribution in [1.29, 1.82) is 0 Å². The molecule has 0 saturated carbocycles. The SMILES string of the molecule is C[C@@](O)(I)c1c(Cl)nc2c(F)cccc2c1I. The molecule has 0 saturated heterocycles. The highest BCUT2D eigenvalue weighted by Gasteiger charge is 2.27. The molecule has 1 atom stereocenters. The minimum atomic E-state index is -1.14. The van der Waals surface area contributed by atoms with Crippen molar-refractivity contribution in [3.8, 4) is 0 Å². The van der Waals surface area contributed by atoms with E-state index in [2.05, 4.69) is 27.6 Å². The second-order valence-electron chi connectivity index (χ2n) is 3.68. The number of nitrogens with zero attached hydrogens (tertiary/aromatic N) is 1. The van der Waals surface area contributed by atoms with Crippen molar-refractivity contribution in [1.82, 2.24) is 4.98 Å². The van der Waals surface area contributed by atoms with Gasteiger partial charge in [0.25, 0.3) is 0 Å². The predicted molar refractivity (Wildman–Crippen MR) is 83.0 cm³/mol. The fraction of sp³-hybridized carbons (Fsp3) is 0.182. The fourth-order valence-corrected chi connectivity index (χ4v) is 4.51. The maximum absolute atomic E-state index is 13.6. The van der Waals surface area contributed by atoms with Gasteiger partial charge in [0, 0.05) is 14.5 Å². The second kappa shape index (κ2) is 4.75. The van der Waals surface area contributed by atoms with E-state index in [1.54, 1.807) is 19.1 Å². The van der Waals surface area contributed by atoms with E-state index < -0.39 is 9.43 Å². The van der Waals surface area contributed by atoms with Crippen LogP contribution in [-0.4, -0.2) is 10.1 Å². The molecule has 0 aliphatic heterocycles. The van der Waals surface area contributed by atoms with Gasteiger partial charge in [-0.15, -0.1) is 0 Å². The van der Waals surface area contributed by atoms with Crippen molar-refractivity contribution in [3.63, 3.8) is 0 Å². The zero-order valence-corrected chi connectivity index (χ0v) is 13.7. The first-order valence-electron chi connectivity index (χ1n) is 4.67. The van der Waals surface area contributed by atoms with E-state index in [9.17, 15) is 9.50 Å². The van der Waals surface area contributed by atoms with E-state index in [1.807, 2.05) is 22.6 Å². The minimum absolute atomic E-state index is 0.131. The second-order valence-corrected chi connectivity index (χ2v) is 7.22. The molecule has 0 aliphatic carbocycles. The van der Waals surface area contributed by atoms with E-state index in [4.69, 9.17) is 11.6 Å². The van der Waals surface area contributed by atoms with Crippen LogP contribution < -0.4 is 0 Å². The molecule has 1 aromatic heterocycles. The summed E-state index contributed by atoms with van der Waals surface area (Å²) >= 11 is 9.94. The van der Waals surface area contributed by atoms with Gasteiger partial charge in [0.15, 0.2) is 0 Å². The Morgan fingerprint density at radius 1 is 1.47 bits per heavy atom. The van der Waals surface area contributed by atoms with Crippen molar-refractivity contribution in [2.45, 2.75) is 10.5 Å². The summed E-state index contributed by atoms with van der Waals surface area (Å²) in [5.41, 5.74) is 0.741. The first-order chi connectivity index (χ1) is 7.82. The molecule has 2 rings (SSSR count). The smallest absolute Gasteiger partial charge is 0.149 e. The molecular formula is C11H7ClFI2NO. The van der Waals surface area contributed by atoms with Crippen LogP contribution >= 0.6 is 56.8 Å². The Bertz CT molecular complexity index is 598. The van der Waals surface area contributed by atoms with Crippen molar-refractivity contribution in [3.05, 3.63) is 38.3 Å². The molecule has 2 aromatic rings. The molecule has 17 heavy (non-hydrogen) atoms. The van der Waals surface area contributed by atoms with Gasteiger partial charge in [0.05, 0.1) is 0 Å². The van der Waals surface area contributed by atoms with Crippen LogP contribution in [0, 0.1) is 9.39 Å². The molecule has 1 aromatic carbocycles. The van der Waals surface area contributed by atoms with Crippen molar-refractivity contribution >= 4 is 67.7 Å². The van der Waals surface area contributed by atoms with Gasteiger partial charge in [0.2, 0.25) is 0 Å². The van der Waals surface area contributed by atoms with Crippen LogP contribution in [-0.2, 0) is 3.61 Å². The van der Waals surface area contributed by atoms with Crippen LogP contribution in [0.4, 0.5) is 4.39 Å². The molecule has 0 fully saturated rings. The molecule has 0 amide bonds. The van der Waals surface area contributed by atoms with Crippen LogP contribution in [0.3, 0.4) is 0 Å². The topological polar surface area (TPSA) is 33.1 Å². The van der Waals surface area contributed by atoms with Crippen LogP contribution in [0.1, 0.15) is 12.5 Å². The number of alkyl halides is 1. The van der Waals surface area contributed by atoms with Crippen molar-refractivity contribution in [2.24, 2.45) is 0 Å². The Morgan fingerprint density at radius 3 is 2.71 bits per heavy atom. The fourth-order valence-electron chi connectivity index (χ4n) is 1.57. The number of benzene rings is 1. The van der Waals surface area contributed by atoms with E-state index in [1.165, 1.54) is 6.07 Å².